The Hall–Kier alpha value is -1.14. The molecule has 0 aromatic carbocycles. The lowest BCUT2D eigenvalue weighted by Gasteiger charge is -2.25. The van der Waals surface area contributed by atoms with Gasteiger partial charge in [-0.3, -0.25) is 9.89 Å². The summed E-state index contributed by atoms with van der Waals surface area (Å²) in [5.74, 6) is 0.898. The van der Waals surface area contributed by atoms with Gasteiger partial charge in [-0.05, 0) is 33.9 Å². The molecular weight excluding hydrogens is 294 g/mol. The van der Waals surface area contributed by atoms with Gasteiger partial charge in [0.1, 0.15) is 0 Å². The van der Waals surface area contributed by atoms with Crippen LogP contribution in [0.25, 0.3) is 0 Å². The summed E-state index contributed by atoms with van der Waals surface area (Å²) in [6.45, 7) is 15.5. The van der Waals surface area contributed by atoms with Gasteiger partial charge >= 0.3 is 0 Å². The largest absolute Gasteiger partial charge is 0.357 e. The average Bonchev–Trinajstić information content (AvgIpc) is 2.91. The first kappa shape index (κ1) is 18.9. The number of hydrogen-bond donors (Lipinski definition) is 2. The molecule has 0 aliphatic carbocycles. The van der Waals surface area contributed by atoms with Crippen LogP contribution in [-0.2, 0) is 6.42 Å². The van der Waals surface area contributed by atoms with Crippen molar-refractivity contribution < 1.29 is 0 Å². The minimum absolute atomic E-state index is 0.465. The van der Waals surface area contributed by atoms with Crippen LogP contribution in [0.4, 0.5) is 0 Å². The maximum Gasteiger partial charge on any atom is 0.191 e. The van der Waals surface area contributed by atoms with Gasteiger partial charge in [-0.15, -0.1) is 11.3 Å². The predicted octanol–water partition coefficient (Wildman–Crippen LogP) is 2.28. The first-order valence-corrected chi connectivity index (χ1v) is 9.09. The number of likely N-dealkylation sites (N-methyl/N-ethyl adjacent to an activating group) is 1. The third-order valence-corrected chi connectivity index (χ3v) is 4.57. The Morgan fingerprint density at radius 1 is 1.32 bits per heavy atom. The minimum atomic E-state index is 0.465. The molecule has 1 aromatic heterocycles. The molecule has 0 fully saturated rings. The molecule has 0 aliphatic rings. The van der Waals surface area contributed by atoms with Gasteiger partial charge < -0.3 is 10.6 Å². The minimum Gasteiger partial charge on any atom is -0.357 e. The van der Waals surface area contributed by atoms with E-state index >= 15 is 0 Å². The van der Waals surface area contributed by atoms with E-state index in [1.807, 2.05) is 6.20 Å². The topological polar surface area (TPSA) is 52.6 Å². The van der Waals surface area contributed by atoms with E-state index in [1.54, 1.807) is 11.3 Å². The monoisotopic (exact) mass is 325 g/mol. The third kappa shape index (κ3) is 6.75. The zero-order chi connectivity index (χ0) is 16.4. The highest BCUT2D eigenvalue weighted by atomic mass is 32.1. The molecule has 1 atom stereocenters. The molecule has 0 aliphatic heterocycles. The van der Waals surface area contributed by atoms with Gasteiger partial charge in [-0.25, -0.2) is 4.98 Å². The number of nitrogens with zero attached hydrogens (tertiary/aromatic N) is 3. The van der Waals surface area contributed by atoms with Crippen LogP contribution in [0.15, 0.2) is 11.2 Å². The van der Waals surface area contributed by atoms with Crippen molar-refractivity contribution in [3.63, 3.8) is 0 Å². The fourth-order valence-electron chi connectivity index (χ4n) is 2.33. The van der Waals surface area contributed by atoms with E-state index in [-0.39, 0.29) is 0 Å². The third-order valence-electron chi connectivity index (χ3n) is 3.59. The van der Waals surface area contributed by atoms with Crippen molar-refractivity contribution in [2.24, 2.45) is 4.99 Å². The summed E-state index contributed by atoms with van der Waals surface area (Å²) in [4.78, 5) is 12.8. The lowest BCUT2D eigenvalue weighted by molar-refractivity contribution is 0.237. The molecular formula is C16H31N5S. The van der Waals surface area contributed by atoms with Gasteiger partial charge in [0, 0.05) is 36.6 Å². The van der Waals surface area contributed by atoms with Crippen LogP contribution in [0.3, 0.4) is 0 Å². The van der Waals surface area contributed by atoms with Gasteiger partial charge in [-0.1, -0.05) is 13.8 Å². The number of rotatable bonds is 9. The van der Waals surface area contributed by atoms with Crippen molar-refractivity contribution in [3.05, 3.63) is 16.1 Å². The molecule has 5 nitrogen and oxygen atoms in total. The van der Waals surface area contributed by atoms with Gasteiger partial charge in [0.05, 0.1) is 11.6 Å². The molecule has 2 N–H and O–H groups in total. The van der Waals surface area contributed by atoms with E-state index in [9.17, 15) is 0 Å². The number of guanidine groups is 1. The van der Waals surface area contributed by atoms with Crippen molar-refractivity contribution in [1.82, 2.24) is 20.5 Å². The summed E-state index contributed by atoms with van der Waals surface area (Å²) in [5.41, 5.74) is 0. The lowest BCUT2D eigenvalue weighted by atomic mass is 10.3. The number of aromatic nitrogens is 1. The van der Waals surface area contributed by atoms with Crippen LogP contribution in [0.2, 0.25) is 0 Å². The van der Waals surface area contributed by atoms with Crippen LogP contribution in [-0.4, -0.2) is 54.6 Å². The number of hydrogen-bond acceptors (Lipinski definition) is 4. The predicted molar refractivity (Wildman–Crippen MR) is 96.9 cm³/mol. The molecule has 6 heteroatoms. The zero-order valence-corrected chi connectivity index (χ0v) is 15.5. The SMILES string of the molecule is CCNC(=NCC(C)N(CC)CC)NCCc1ncc(C)s1. The zero-order valence-electron chi connectivity index (χ0n) is 14.6. The molecule has 1 aromatic rings. The van der Waals surface area contributed by atoms with E-state index in [2.05, 4.69) is 55.1 Å². The summed E-state index contributed by atoms with van der Waals surface area (Å²) >= 11 is 1.76. The first-order chi connectivity index (χ1) is 10.6. The van der Waals surface area contributed by atoms with E-state index in [0.717, 1.165) is 45.1 Å². The Bertz CT molecular complexity index is 439. The highest BCUT2D eigenvalue weighted by Gasteiger charge is 2.09. The van der Waals surface area contributed by atoms with Gasteiger partial charge in [0.25, 0.3) is 0 Å². The molecule has 1 rings (SSSR count). The Morgan fingerprint density at radius 3 is 2.59 bits per heavy atom. The van der Waals surface area contributed by atoms with E-state index in [1.165, 1.54) is 9.88 Å². The number of nitrogens with one attached hydrogen (secondary N) is 2. The Labute approximate surface area is 139 Å². The van der Waals surface area contributed by atoms with Crippen LogP contribution in [0.1, 0.15) is 37.6 Å². The summed E-state index contributed by atoms with van der Waals surface area (Å²) < 4.78 is 0. The molecule has 0 saturated carbocycles. The van der Waals surface area contributed by atoms with E-state index in [0.29, 0.717) is 6.04 Å². The Balaban J connectivity index is 2.44. The van der Waals surface area contributed by atoms with Crippen molar-refractivity contribution in [2.45, 2.75) is 47.1 Å². The van der Waals surface area contributed by atoms with Gasteiger partial charge in [0.15, 0.2) is 5.96 Å². The second-order valence-corrected chi connectivity index (χ2v) is 6.65. The highest BCUT2D eigenvalue weighted by Crippen LogP contribution is 2.10. The summed E-state index contributed by atoms with van der Waals surface area (Å²) in [7, 11) is 0. The molecule has 0 amide bonds. The van der Waals surface area contributed by atoms with Crippen molar-refractivity contribution >= 4 is 17.3 Å². The number of thiazole rings is 1. The van der Waals surface area contributed by atoms with Gasteiger partial charge in [0.2, 0.25) is 0 Å². The van der Waals surface area contributed by atoms with Crippen molar-refractivity contribution in [2.75, 3.05) is 32.7 Å². The quantitative estimate of drug-likeness (QED) is 0.540. The van der Waals surface area contributed by atoms with Crippen LogP contribution in [0.5, 0.6) is 0 Å². The molecule has 0 radical (unpaired) electrons. The Morgan fingerprint density at radius 2 is 2.05 bits per heavy atom. The maximum absolute atomic E-state index is 4.70. The number of aryl methyl sites for hydroxylation is 1. The fraction of sp³-hybridized carbons (Fsp3) is 0.750. The Kier molecular flexibility index (Phi) is 9.08. The normalized spacial score (nSPS) is 13.5. The second kappa shape index (κ2) is 10.6. The molecule has 0 bridgehead atoms. The first-order valence-electron chi connectivity index (χ1n) is 8.28. The number of aliphatic imine (C=N–C) groups is 1. The molecule has 1 heterocycles. The van der Waals surface area contributed by atoms with Crippen molar-refractivity contribution in [1.29, 1.82) is 0 Å². The van der Waals surface area contributed by atoms with Crippen molar-refractivity contribution in [3.8, 4) is 0 Å². The standard InChI is InChI=1S/C16H31N5S/c1-6-17-16(20-11-13(4)21(7-2)8-3)18-10-9-15-19-12-14(5)22-15/h12-13H,6-11H2,1-5H3,(H2,17,18,20). The van der Waals surface area contributed by atoms with Gasteiger partial charge in [-0.2, -0.15) is 0 Å². The fourth-order valence-corrected chi connectivity index (χ4v) is 3.12. The summed E-state index contributed by atoms with van der Waals surface area (Å²) in [5, 5.41) is 7.88. The summed E-state index contributed by atoms with van der Waals surface area (Å²) in [6.07, 6.45) is 2.87. The van der Waals surface area contributed by atoms with Crippen LogP contribution >= 0.6 is 11.3 Å². The van der Waals surface area contributed by atoms with Crippen LogP contribution < -0.4 is 10.6 Å². The average molecular weight is 326 g/mol. The lowest BCUT2D eigenvalue weighted by Crippen LogP contribution is -2.40. The van der Waals surface area contributed by atoms with E-state index in [4.69, 9.17) is 4.99 Å². The highest BCUT2D eigenvalue weighted by molar-refractivity contribution is 7.11. The maximum atomic E-state index is 4.70. The van der Waals surface area contributed by atoms with Crippen LogP contribution in [0, 0.1) is 6.92 Å². The summed E-state index contributed by atoms with van der Waals surface area (Å²) in [6, 6.07) is 0.465. The molecule has 126 valence electrons. The molecule has 1 unspecified atom stereocenters. The van der Waals surface area contributed by atoms with E-state index < -0.39 is 0 Å². The smallest absolute Gasteiger partial charge is 0.191 e. The second-order valence-electron chi connectivity index (χ2n) is 5.33. The molecule has 0 spiro atoms. The molecule has 22 heavy (non-hydrogen) atoms. The molecule has 0 saturated heterocycles.